The van der Waals surface area contributed by atoms with E-state index < -0.39 is 10.0 Å². The maximum Gasteiger partial charge on any atom is 0.262 e. The van der Waals surface area contributed by atoms with Gasteiger partial charge in [0.05, 0.1) is 10.6 Å². The number of hydrogen-bond donors (Lipinski definition) is 1. The molecular formula is C25H26N2O3S. The molecule has 6 heteroatoms. The molecule has 0 saturated heterocycles. The molecule has 5 nitrogen and oxygen atoms in total. The van der Waals surface area contributed by atoms with E-state index in [2.05, 4.69) is 4.72 Å². The maximum atomic E-state index is 13.1. The summed E-state index contributed by atoms with van der Waals surface area (Å²) in [4.78, 5) is 15.1. The van der Waals surface area contributed by atoms with Gasteiger partial charge in [0, 0.05) is 17.8 Å². The van der Waals surface area contributed by atoms with Crippen molar-refractivity contribution in [3.8, 4) is 0 Å². The number of hydrogen-bond acceptors (Lipinski definition) is 3. The topological polar surface area (TPSA) is 66.5 Å². The zero-order valence-corrected chi connectivity index (χ0v) is 18.8. The van der Waals surface area contributed by atoms with E-state index in [4.69, 9.17) is 0 Å². The molecule has 1 aliphatic rings. The average Bonchev–Trinajstić information content (AvgIpc) is 2.75. The quantitative estimate of drug-likeness (QED) is 0.628. The first-order valence-electron chi connectivity index (χ1n) is 10.4. The molecule has 160 valence electrons. The SMILES string of the molecule is Cc1cc(C)c(S(=O)(=O)Nc2ccc3c(c2)N(C(=O)c2ccccc2)CCC3)cc1C. The summed E-state index contributed by atoms with van der Waals surface area (Å²) in [6, 6.07) is 18.2. The van der Waals surface area contributed by atoms with Gasteiger partial charge in [0.1, 0.15) is 0 Å². The molecule has 3 aromatic rings. The van der Waals surface area contributed by atoms with E-state index in [9.17, 15) is 13.2 Å². The van der Waals surface area contributed by atoms with E-state index >= 15 is 0 Å². The Balaban J connectivity index is 1.68. The highest BCUT2D eigenvalue weighted by Crippen LogP contribution is 2.32. The molecule has 0 saturated carbocycles. The molecular weight excluding hydrogens is 408 g/mol. The van der Waals surface area contributed by atoms with Crippen LogP contribution in [0.15, 0.2) is 65.6 Å². The van der Waals surface area contributed by atoms with E-state index in [1.165, 1.54) is 0 Å². The lowest BCUT2D eigenvalue weighted by atomic mass is 10.00. The maximum absolute atomic E-state index is 13.1. The van der Waals surface area contributed by atoms with Gasteiger partial charge in [-0.05, 0) is 86.2 Å². The van der Waals surface area contributed by atoms with Crippen molar-refractivity contribution in [1.29, 1.82) is 0 Å². The highest BCUT2D eigenvalue weighted by molar-refractivity contribution is 7.92. The highest BCUT2D eigenvalue weighted by Gasteiger charge is 2.25. The number of sulfonamides is 1. The number of fused-ring (bicyclic) bond motifs is 1. The van der Waals surface area contributed by atoms with Crippen molar-refractivity contribution >= 4 is 27.3 Å². The monoisotopic (exact) mass is 434 g/mol. The van der Waals surface area contributed by atoms with E-state index in [0.717, 1.165) is 35.2 Å². The van der Waals surface area contributed by atoms with Crippen LogP contribution in [0, 0.1) is 20.8 Å². The van der Waals surface area contributed by atoms with Gasteiger partial charge < -0.3 is 4.90 Å². The van der Waals surface area contributed by atoms with E-state index in [1.54, 1.807) is 42.2 Å². The minimum absolute atomic E-state index is 0.0773. The van der Waals surface area contributed by atoms with Gasteiger partial charge in [-0.2, -0.15) is 0 Å². The van der Waals surface area contributed by atoms with Gasteiger partial charge in [0.2, 0.25) is 0 Å². The molecule has 1 amide bonds. The lowest BCUT2D eigenvalue weighted by Crippen LogP contribution is -2.35. The van der Waals surface area contributed by atoms with Gasteiger partial charge in [0.15, 0.2) is 0 Å². The van der Waals surface area contributed by atoms with Gasteiger partial charge in [-0.15, -0.1) is 0 Å². The lowest BCUT2D eigenvalue weighted by Gasteiger charge is -2.30. The third kappa shape index (κ3) is 4.21. The zero-order valence-electron chi connectivity index (χ0n) is 18.0. The number of anilines is 2. The minimum Gasteiger partial charge on any atom is -0.308 e. The van der Waals surface area contributed by atoms with Crippen LogP contribution in [-0.2, 0) is 16.4 Å². The Kier molecular flexibility index (Phi) is 5.58. The van der Waals surface area contributed by atoms with Crippen LogP contribution >= 0.6 is 0 Å². The first kappa shape index (κ1) is 21.1. The molecule has 0 aliphatic carbocycles. The van der Waals surface area contributed by atoms with Gasteiger partial charge in [0.25, 0.3) is 15.9 Å². The van der Waals surface area contributed by atoms with Crippen molar-refractivity contribution in [3.05, 3.63) is 88.5 Å². The van der Waals surface area contributed by atoms with Crippen LogP contribution in [0.25, 0.3) is 0 Å². The molecule has 1 N–H and O–H groups in total. The second-order valence-corrected chi connectivity index (χ2v) is 9.73. The highest BCUT2D eigenvalue weighted by atomic mass is 32.2. The largest absolute Gasteiger partial charge is 0.308 e. The van der Waals surface area contributed by atoms with Crippen LogP contribution in [0.2, 0.25) is 0 Å². The summed E-state index contributed by atoms with van der Waals surface area (Å²) in [5.41, 5.74) is 5.56. The van der Waals surface area contributed by atoms with Crippen molar-refractivity contribution in [1.82, 2.24) is 0 Å². The Morgan fingerprint density at radius 2 is 1.61 bits per heavy atom. The normalized spacial score (nSPS) is 13.6. The smallest absolute Gasteiger partial charge is 0.262 e. The number of nitrogens with one attached hydrogen (secondary N) is 1. The van der Waals surface area contributed by atoms with E-state index in [0.29, 0.717) is 23.4 Å². The van der Waals surface area contributed by atoms with E-state index in [1.807, 2.05) is 44.2 Å². The molecule has 1 heterocycles. The molecule has 0 atom stereocenters. The Labute approximate surface area is 183 Å². The predicted octanol–water partition coefficient (Wildman–Crippen LogP) is 5.01. The summed E-state index contributed by atoms with van der Waals surface area (Å²) in [7, 11) is -3.75. The average molecular weight is 435 g/mol. The van der Waals surface area contributed by atoms with Crippen LogP contribution in [0.3, 0.4) is 0 Å². The second-order valence-electron chi connectivity index (χ2n) is 8.08. The number of amides is 1. The standard InChI is InChI=1S/C25H26N2O3S/c1-17-14-19(3)24(15-18(17)2)31(29,30)26-22-12-11-20-10-7-13-27(23(20)16-22)25(28)21-8-5-4-6-9-21/h4-6,8-9,11-12,14-16,26H,7,10,13H2,1-3H3. The second kappa shape index (κ2) is 8.19. The van der Waals surface area contributed by atoms with Crippen LogP contribution in [0.4, 0.5) is 11.4 Å². The van der Waals surface area contributed by atoms with Gasteiger partial charge in [-0.1, -0.05) is 30.3 Å². The van der Waals surface area contributed by atoms with Crippen molar-refractivity contribution in [2.75, 3.05) is 16.2 Å². The van der Waals surface area contributed by atoms with Crippen LogP contribution in [0.1, 0.15) is 39.0 Å². The van der Waals surface area contributed by atoms with Crippen molar-refractivity contribution in [2.24, 2.45) is 0 Å². The number of nitrogens with zero attached hydrogens (tertiary/aromatic N) is 1. The minimum atomic E-state index is -3.75. The number of aryl methyl sites for hydroxylation is 4. The third-order valence-electron chi connectivity index (χ3n) is 5.80. The zero-order chi connectivity index (χ0) is 22.2. The molecule has 31 heavy (non-hydrogen) atoms. The Morgan fingerprint density at radius 3 is 2.35 bits per heavy atom. The number of rotatable bonds is 4. The Bertz CT molecular complexity index is 1250. The Morgan fingerprint density at radius 1 is 0.903 bits per heavy atom. The predicted molar refractivity (Wildman–Crippen MR) is 124 cm³/mol. The van der Waals surface area contributed by atoms with Crippen molar-refractivity contribution < 1.29 is 13.2 Å². The lowest BCUT2D eigenvalue weighted by molar-refractivity contribution is 0.0985. The summed E-state index contributed by atoms with van der Waals surface area (Å²) in [6.07, 6.45) is 1.73. The van der Waals surface area contributed by atoms with Crippen LogP contribution in [0.5, 0.6) is 0 Å². The summed E-state index contributed by atoms with van der Waals surface area (Å²) in [5, 5.41) is 0. The number of benzene rings is 3. The molecule has 0 spiro atoms. The van der Waals surface area contributed by atoms with Crippen molar-refractivity contribution in [3.63, 3.8) is 0 Å². The summed E-state index contributed by atoms with van der Waals surface area (Å²) in [5.74, 6) is -0.0773. The molecule has 3 aromatic carbocycles. The molecule has 0 radical (unpaired) electrons. The van der Waals surface area contributed by atoms with Gasteiger partial charge in [-0.3, -0.25) is 9.52 Å². The fourth-order valence-corrected chi connectivity index (χ4v) is 5.38. The van der Waals surface area contributed by atoms with Crippen molar-refractivity contribution in [2.45, 2.75) is 38.5 Å². The first-order valence-corrected chi connectivity index (χ1v) is 11.8. The molecule has 0 unspecified atom stereocenters. The molecule has 0 aromatic heterocycles. The fraction of sp³-hybridized carbons (Fsp3) is 0.240. The molecule has 1 aliphatic heterocycles. The summed E-state index contributed by atoms with van der Waals surface area (Å²) >= 11 is 0. The van der Waals surface area contributed by atoms with Gasteiger partial charge >= 0.3 is 0 Å². The number of carbonyl (C=O) groups is 1. The van der Waals surface area contributed by atoms with Gasteiger partial charge in [-0.25, -0.2) is 8.42 Å². The number of carbonyl (C=O) groups excluding carboxylic acids is 1. The molecule has 0 fully saturated rings. The van der Waals surface area contributed by atoms with E-state index in [-0.39, 0.29) is 10.8 Å². The fourth-order valence-electron chi connectivity index (χ4n) is 4.02. The third-order valence-corrected chi connectivity index (χ3v) is 7.33. The first-order chi connectivity index (χ1) is 14.8. The molecule has 0 bridgehead atoms. The Hall–Kier alpha value is -3.12. The molecule has 4 rings (SSSR count). The van der Waals surface area contributed by atoms with Crippen LogP contribution in [-0.4, -0.2) is 20.9 Å². The van der Waals surface area contributed by atoms with Crippen LogP contribution < -0.4 is 9.62 Å². The summed E-state index contributed by atoms with van der Waals surface area (Å²) in [6.45, 7) is 6.27. The summed E-state index contributed by atoms with van der Waals surface area (Å²) < 4.78 is 28.9.